The molecule has 1 fully saturated rings. The monoisotopic (exact) mass is 235 g/mol. The SMILES string of the molecule is CCNc1cc(C2CC2)nc(C(C)OCC)n1. The molecule has 4 nitrogen and oxygen atoms in total. The summed E-state index contributed by atoms with van der Waals surface area (Å²) in [5.41, 5.74) is 1.16. The molecular formula is C13H21N3O. The van der Waals surface area contributed by atoms with Crippen molar-refractivity contribution in [1.82, 2.24) is 9.97 Å². The van der Waals surface area contributed by atoms with E-state index < -0.39 is 0 Å². The van der Waals surface area contributed by atoms with Crippen molar-refractivity contribution in [3.63, 3.8) is 0 Å². The quantitative estimate of drug-likeness (QED) is 0.823. The minimum absolute atomic E-state index is 0.0314. The first kappa shape index (κ1) is 12.3. The molecule has 0 aliphatic heterocycles. The van der Waals surface area contributed by atoms with E-state index in [4.69, 9.17) is 4.74 Å². The Kier molecular flexibility index (Phi) is 3.94. The van der Waals surface area contributed by atoms with Gasteiger partial charge in [0.05, 0.1) is 0 Å². The van der Waals surface area contributed by atoms with E-state index in [1.165, 1.54) is 12.8 Å². The molecule has 0 spiro atoms. The van der Waals surface area contributed by atoms with Crippen molar-refractivity contribution >= 4 is 5.82 Å². The molecule has 0 saturated heterocycles. The summed E-state index contributed by atoms with van der Waals surface area (Å²) in [6.07, 6.45) is 2.48. The van der Waals surface area contributed by atoms with E-state index in [1.807, 2.05) is 13.8 Å². The van der Waals surface area contributed by atoms with Crippen LogP contribution in [-0.4, -0.2) is 23.1 Å². The summed E-state index contributed by atoms with van der Waals surface area (Å²) in [6.45, 7) is 7.64. The number of ether oxygens (including phenoxy) is 1. The third-order valence-corrected chi connectivity index (χ3v) is 2.90. The second kappa shape index (κ2) is 5.45. The number of aromatic nitrogens is 2. The van der Waals surface area contributed by atoms with Crippen molar-refractivity contribution in [3.05, 3.63) is 17.6 Å². The largest absolute Gasteiger partial charge is 0.371 e. The molecule has 1 saturated carbocycles. The van der Waals surface area contributed by atoms with Gasteiger partial charge in [-0.2, -0.15) is 0 Å². The van der Waals surface area contributed by atoms with Crippen LogP contribution in [0.2, 0.25) is 0 Å². The van der Waals surface area contributed by atoms with Gasteiger partial charge in [-0.3, -0.25) is 0 Å². The van der Waals surface area contributed by atoms with Gasteiger partial charge in [-0.15, -0.1) is 0 Å². The molecule has 1 aromatic rings. The van der Waals surface area contributed by atoms with Gasteiger partial charge in [0.1, 0.15) is 11.9 Å². The molecule has 1 heterocycles. The number of hydrogen-bond donors (Lipinski definition) is 1. The molecule has 1 N–H and O–H groups in total. The van der Waals surface area contributed by atoms with Gasteiger partial charge in [0.25, 0.3) is 0 Å². The molecule has 17 heavy (non-hydrogen) atoms. The molecule has 94 valence electrons. The molecule has 0 bridgehead atoms. The van der Waals surface area contributed by atoms with Crippen molar-refractivity contribution in [3.8, 4) is 0 Å². The first-order valence-corrected chi connectivity index (χ1v) is 6.49. The summed E-state index contributed by atoms with van der Waals surface area (Å²) in [7, 11) is 0. The molecule has 0 amide bonds. The van der Waals surface area contributed by atoms with E-state index in [1.54, 1.807) is 0 Å². The fraction of sp³-hybridized carbons (Fsp3) is 0.692. The molecule has 2 rings (SSSR count). The zero-order valence-electron chi connectivity index (χ0n) is 10.9. The van der Waals surface area contributed by atoms with Crippen molar-refractivity contribution in [1.29, 1.82) is 0 Å². The van der Waals surface area contributed by atoms with Crippen LogP contribution in [0.1, 0.15) is 57.2 Å². The summed E-state index contributed by atoms with van der Waals surface area (Å²) in [4.78, 5) is 9.12. The van der Waals surface area contributed by atoms with Gasteiger partial charge in [-0.05, 0) is 33.6 Å². The fourth-order valence-electron chi connectivity index (χ4n) is 1.85. The topological polar surface area (TPSA) is 47.0 Å². The molecule has 1 aliphatic carbocycles. The maximum atomic E-state index is 5.56. The van der Waals surface area contributed by atoms with E-state index in [0.29, 0.717) is 12.5 Å². The molecule has 1 unspecified atom stereocenters. The maximum Gasteiger partial charge on any atom is 0.159 e. The van der Waals surface area contributed by atoms with E-state index >= 15 is 0 Å². The van der Waals surface area contributed by atoms with Crippen LogP contribution in [-0.2, 0) is 4.74 Å². The Balaban J connectivity index is 2.23. The average Bonchev–Trinajstić information content (AvgIpc) is 3.13. The Morgan fingerprint density at radius 1 is 1.41 bits per heavy atom. The number of nitrogens with one attached hydrogen (secondary N) is 1. The minimum atomic E-state index is -0.0314. The summed E-state index contributed by atoms with van der Waals surface area (Å²) >= 11 is 0. The first-order valence-electron chi connectivity index (χ1n) is 6.49. The molecule has 4 heteroatoms. The Morgan fingerprint density at radius 2 is 2.18 bits per heavy atom. The van der Waals surface area contributed by atoms with Crippen molar-refractivity contribution in [2.45, 2.75) is 45.6 Å². The number of anilines is 1. The molecule has 1 aromatic heterocycles. The normalized spacial score (nSPS) is 16.9. The predicted molar refractivity (Wildman–Crippen MR) is 68.2 cm³/mol. The maximum absolute atomic E-state index is 5.56. The zero-order chi connectivity index (χ0) is 12.3. The van der Waals surface area contributed by atoms with Crippen molar-refractivity contribution < 1.29 is 4.74 Å². The Morgan fingerprint density at radius 3 is 2.76 bits per heavy atom. The second-order valence-corrected chi connectivity index (χ2v) is 4.44. The lowest BCUT2D eigenvalue weighted by molar-refractivity contribution is 0.0700. The second-order valence-electron chi connectivity index (χ2n) is 4.44. The predicted octanol–water partition coefficient (Wildman–Crippen LogP) is 2.88. The van der Waals surface area contributed by atoms with E-state index in [9.17, 15) is 0 Å². The van der Waals surface area contributed by atoms with Crippen molar-refractivity contribution in [2.24, 2.45) is 0 Å². The van der Waals surface area contributed by atoms with Crippen LogP contribution in [0.4, 0.5) is 5.82 Å². The summed E-state index contributed by atoms with van der Waals surface area (Å²) in [5.74, 6) is 2.36. The van der Waals surface area contributed by atoms with Gasteiger partial charge in [-0.1, -0.05) is 0 Å². The smallest absolute Gasteiger partial charge is 0.159 e. The molecule has 0 radical (unpaired) electrons. The Hall–Kier alpha value is -1.16. The summed E-state index contributed by atoms with van der Waals surface area (Å²) < 4.78 is 5.56. The Labute approximate surface area is 103 Å². The lowest BCUT2D eigenvalue weighted by atomic mass is 10.2. The van der Waals surface area contributed by atoms with Gasteiger partial charge in [-0.25, -0.2) is 9.97 Å². The minimum Gasteiger partial charge on any atom is -0.371 e. The van der Waals surface area contributed by atoms with Gasteiger partial charge in [0.15, 0.2) is 5.82 Å². The third-order valence-electron chi connectivity index (χ3n) is 2.90. The zero-order valence-corrected chi connectivity index (χ0v) is 10.9. The van der Waals surface area contributed by atoms with Gasteiger partial charge in [0, 0.05) is 30.8 Å². The molecule has 1 atom stereocenters. The molecule has 1 aliphatic rings. The van der Waals surface area contributed by atoms with Gasteiger partial charge < -0.3 is 10.1 Å². The van der Waals surface area contributed by atoms with Crippen LogP contribution in [0.15, 0.2) is 6.07 Å². The fourth-order valence-corrected chi connectivity index (χ4v) is 1.85. The highest BCUT2D eigenvalue weighted by Crippen LogP contribution is 2.39. The number of nitrogens with zero attached hydrogens (tertiary/aromatic N) is 2. The third kappa shape index (κ3) is 3.16. The lowest BCUT2D eigenvalue weighted by Crippen LogP contribution is -2.10. The summed E-state index contributed by atoms with van der Waals surface area (Å²) in [5, 5.41) is 3.26. The van der Waals surface area contributed by atoms with Gasteiger partial charge >= 0.3 is 0 Å². The molecule has 0 aromatic carbocycles. The van der Waals surface area contributed by atoms with Crippen molar-refractivity contribution in [2.75, 3.05) is 18.5 Å². The van der Waals surface area contributed by atoms with Crippen LogP contribution in [0.25, 0.3) is 0 Å². The van der Waals surface area contributed by atoms with Crippen LogP contribution in [0.5, 0.6) is 0 Å². The Bertz CT molecular complexity index is 377. The highest BCUT2D eigenvalue weighted by molar-refractivity contribution is 5.38. The average molecular weight is 235 g/mol. The van der Waals surface area contributed by atoms with Crippen LogP contribution >= 0.6 is 0 Å². The van der Waals surface area contributed by atoms with Crippen LogP contribution < -0.4 is 5.32 Å². The molecular weight excluding hydrogens is 214 g/mol. The van der Waals surface area contributed by atoms with E-state index in [0.717, 1.165) is 23.9 Å². The highest BCUT2D eigenvalue weighted by atomic mass is 16.5. The standard InChI is InChI=1S/C13H21N3O/c1-4-14-12-8-11(10-6-7-10)15-13(16-12)9(3)17-5-2/h8-10H,4-7H2,1-3H3,(H,14,15,16). The number of rotatable bonds is 6. The highest BCUT2D eigenvalue weighted by Gasteiger charge is 2.26. The lowest BCUT2D eigenvalue weighted by Gasteiger charge is -2.13. The van der Waals surface area contributed by atoms with Gasteiger partial charge in [0.2, 0.25) is 0 Å². The van der Waals surface area contributed by atoms with E-state index in [2.05, 4.69) is 28.3 Å². The first-order chi connectivity index (χ1) is 8.24. The van der Waals surface area contributed by atoms with Crippen LogP contribution in [0.3, 0.4) is 0 Å². The number of hydrogen-bond acceptors (Lipinski definition) is 4. The summed E-state index contributed by atoms with van der Waals surface area (Å²) in [6, 6.07) is 2.07. The van der Waals surface area contributed by atoms with E-state index in [-0.39, 0.29) is 6.10 Å². The van der Waals surface area contributed by atoms with Crippen LogP contribution in [0, 0.1) is 0 Å².